The van der Waals surface area contributed by atoms with E-state index >= 15 is 0 Å². The summed E-state index contributed by atoms with van der Waals surface area (Å²) in [7, 11) is 0. The Kier molecular flexibility index (Phi) is 4.27. The molecule has 6 nitrogen and oxygen atoms in total. The summed E-state index contributed by atoms with van der Waals surface area (Å²) in [6.45, 7) is 7.90. The quantitative estimate of drug-likeness (QED) is 0.850. The molecule has 2 rings (SSSR count). The van der Waals surface area contributed by atoms with Crippen molar-refractivity contribution >= 4 is 27.7 Å². The number of halogens is 1. The zero-order valence-corrected chi connectivity index (χ0v) is 12.9. The first-order valence-corrected chi connectivity index (χ1v) is 7.12. The minimum Gasteiger partial charge on any atom is -0.389 e. The van der Waals surface area contributed by atoms with Crippen molar-refractivity contribution < 1.29 is 5.11 Å². The van der Waals surface area contributed by atoms with Crippen molar-refractivity contribution in [1.82, 2.24) is 14.9 Å². The molecule has 3 N–H and O–H groups in total. The number of aromatic nitrogens is 2. The monoisotopic (exact) mass is 329 g/mol. The van der Waals surface area contributed by atoms with Crippen LogP contribution in [0.25, 0.3) is 0 Å². The van der Waals surface area contributed by atoms with Crippen LogP contribution >= 0.6 is 15.9 Å². The zero-order chi connectivity index (χ0) is 14.0. The maximum atomic E-state index is 9.83. The molecule has 1 aliphatic heterocycles. The van der Waals surface area contributed by atoms with Crippen molar-refractivity contribution in [1.29, 1.82) is 0 Å². The molecular weight excluding hydrogens is 310 g/mol. The van der Waals surface area contributed by atoms with Gasteiger partial charge in [0.05, 0.1) is 10.1 Å². The van der Waals surface area contributed by atoms with E-state index in [1.165, 1.54) is 0 Å². The molecule has 0 amide bonds. The number of nitrogen functional groups attached to an aromatic ring is 1. The number of anilines is 2. The molecule has 7 heteroatoms. The predicted molar refractivity (Wildman–Crippen MR) is 79.1 cm³/mol. The molecule has 0 aromatic carbocycles. The summed E-state index contributed by atoms with van der Waals surface area (Å²) in [6, 6.07) is 0. The number of nitrogens with two attached hydrogens (primary N) is 1. The molecule has 0 radical (unpaired) electrons. The van der Waals surface area contributed by atoms with Gasteiger partial charge in [0.25, 0.3) is 0 Å². The number of piperazine rings is 1. The van der Waals surface area contributed by atoms with Gasteiger partial charge in [-0.1, -0.05) is 0 Å². The summed E-state index contributed by atoms with van der Waals surface area (Å²) >= 11 is 3.45. The topological polar surface area (TPSA) is 78.5 Å². The molecule has 1 aromatic rings. The zero-order valence-electron chi connectivity index (χ0n) is 11.3. The van der Waals surface area contributed by atoms with Crippen molar-refractivity contribution in [2.75, 3.05) is 43.4 Å². The first kappa shape index (κ1) is 14.5. The normalized spacial score (nSPS) is 17.8. The second-order valence-electron chi connectivity index (χ2n) is 5.48. The van der Waals surface area contributed by atoms with Gasteiger partial charge in [-0.15, -0.1) is 0 Å². The summed E-state index contributed by atoms with van der Waals surface area (Å²) < 4.78 is 0.859. The Morgan fingerprint density at radius 1 is 1.37 bits per heavy atom. The summed E-state index contributed by atoms with van der Waals surface area (Å²) in [6.07, 6.45) is 1.68. The highest BCUT2D eigenvalue weighted by atomic mass is 79.9. The van der Waals surface area contributed by atoms with Crippen LogP contribution in [-0.4, -0.2) is 58.3 Å². The maximum Gasteiger partial charge on any atom is 0.222 e. The molecule has 1 aliphatic rings. The van der Waals surface area contributed by atoms with Gasteiger partial charge in [-0.25, -0.2) is 4.98 Å². The summed E-state index contributed by atoms with van der Waals surface area (Å²) in [5.74, 6) is 1.13. The van der Waals surface area contributed by atoms with Gasteiger partial charge in [-0.2, -0.15) is 4.98 Å². The molecule has 2 heterocycles. The van der Waals surface area contributed by atoms with Crippen molar-refractivity contribution in [3.8, 4) is 0 Å². The third-order valence-corrected chi connectivity index (χ3v) is 3.59. The summed E-state index contributed by atoms with van der Waals surface area (Å²) in [5.41, 5.74) is 4.98. The fraction of sp³-hybridized carbons (Fsp3) is 0.667. The van der Waals surface area contributed by atoms with Crippen LogP contribution in [-0.2, 0) is 0 Å². The van der Waals surface area contributed by atoms with E-state index in [9.17, 15) is 5.11 Å². The number of rotatable bonds is 3. The predicted octanol–water partition coefficient (Wildman–Crippen LogP) is 0.714. The largest absolute Gasteiger partial charge is 0.389 e. The first-order chi connectivity index (χ1) is 8.85. The van der Waals surface area contributed by atoms with Crippen LogP contribution < -0.4 is 10.6 Å². The minimum atomic E-state index is -0.651. The molecular formula is C12H20BrN5O. The van der Waals surface area contributed by atoms with Crippen LogP contribution in [0.1, 0.15) is 13.8 Å². The van der Waals surface area contributed by atoms with Gasteiger partial charge < -0.3 is 15.7 Å². The van der Waals surface area contributed by atoms with E-state index in [1.807, 2.05) is 13.8 Å². The van der Waals surface area contributed by atoms with E-state index in [1.54, 1.807) is 6.20 Å². The van der Waals surface area contributed by atoms with Crippen LogP contribution in [0.5, 0.6) is 0 Å². The van der Waals surface area contributed by atoms with E-state index < -0.39 is 5.60 Å². The Labute approximate surface area is 121 Å². The third-order valence-electron chi connectivity index (χ3n) is 3.03. The second-order valence-corrected chi connectivity index (χ2v) is 6.33. The highest BCUT2D eigenvalue weighted by molar-refractivity contribution is 9.10. The highest BCUT2D eigenvalue weighted by Crippen LogP contribution is 2.24. The number of hydrogen-bond acceptors (Lipinski definition) is 6. The Morgan fingerprint density at radius 2 is 2.00 bits per heavy atom. The lowest BCUT2D eigenvalue weighted by Crippen LogP contribution is -2.50. The van der Waals surface area contributed by atoms with Crippen molar-refractivity contribution in [2.24, 2.45) is 0 Å². The first-order valence-electron chi connectivity index (χ1n) is 6.33. The summed E-state index contributed by atoms with van der Waals surface area (Å²) in [5, 5.41) is 9.83. The number of β-amino-alcohol motifs (C(OH)–C–C–N with tert-alkyl or cyclic N) is 1. The van der Waals surface area contributed by atoms with Crippen molar-refractivity contribution in [3.05, 3.63) is 10.7 Å². The highest BCUT2D eigenvalue weighted by Gasteiger charge is 2.24. The lowest BCUT2D eigenvalue weighted by atomic mass is 10.1. The van der Waals surface area contributed by atoms with E-state index in [-0.39, 0.29) is 5.95 Å². The maximum absolute atomic E-state index is 9.83. The number of nitrogens with zero attached hydrogens (tertiary/aromatic N) is 4. The molecule has 1 saturated heterocycles. The molecule has 1 fully saturated rings. The van der Waals surface area contributed by atoms with Gasteiger partial charge in [-0.3, -0.25) is 4.90 Å². The lowest BCUT2D eigenvalue weighted by molar-refractivity contribution is 0.0344. The molecule has 0 aliphatic carbocycles. The van der Waals surface area contributed by atoms with Gasteiger partial charge in [0.1, 0.15) is 5.82 Å². The molecule has 0 spiro atoms. The standard InChI is InChI=1S/C12H20BrN5O/c1-12(2,19)8-17-3-5-18(6-4-17)10-9(13)7-15-11(14)16-10/h7,19H,3-6,8H2,1-2H3,(H2,14,15,16). The van der Waals surface area contributed by atoms with E-state index in [2.05, 4.69) is 35.7 Å². The number of aliphatic hydroxyl groups is 1. The molecule has 0 atom stereocenters. The molecule has 0 bridgehead atoms. The van der Waals surface area contributed by atoms with Gasteiger partial charge >= 0.3 is 0 Å². The Bertz CT molecular complexity index is 440. The van der Waals surface area contributed by atoms with E-state index in [0.29, 0.717) is 6.54 Å². The van der Waals surface area contributed by atoms with E-state index in [0.717, 1.165) is 36.5 Å². The van der Waals surface area contributed by atoms with Crippen LogP contribution in [0.2, 0.25) is 0 Å². The van der Waals surface area contributed by atoms with Crippen LogP contribution in [0, 0.1) is 0 Å². The lowest BCUT2D eigenvalue weighted by Gasteiger charge is -2.38. The Balaban J connectivity index is 1.98. The van der Waals surface area contributed by atoms with Crippen molar-refractivity contribution in [2.45, 2.75) is 19.4 Å². The van der Waals surface area contributed by atoms with Gasteiger partial charge in [0.2, 0.25) is 5.95 Å². The number of hydrogen-bond donors (Lipinski definition) is 2. The van der Waals surface area contributed by atoms with Crippen LogP contribution in [0.15, 0.2) is 10.7 Å². The Hall–Kier alpha value is -0.920. The van der Waals surface area contributed by atoms with Crippen LogP contribution in [0.3, 0.4) is 0 Å². The van der Waals surface area contributed by atoms with Gasteiger partial charge in [0, 0.05) is 38.9 Å². The smallest absolute Gasteiger partial charge is 0.222 e. The van der Waals surface area contributed by atoms with E-state index in [4.69, 9.17) is 5.73 Å². The molecule has 1 aromatic heterocycles. The fourth-order valence-electron chi connectivity index (χ4n) is 2.26. The van der Waals surface area contributed by atoms with Crippen molar-refractivity contribution in [3.63, 3.8) is 0 Å². The molecule has 19 heavy (non-hydrogen) atoms. The SMILES string of the molecule is CC(C)(O)CN1CCN(c2nc(N)ncc2Br)CC1. The van der Waals surface area contributed by atoms with Crippen LogP contribution in [0.4, 0.5) is 11.8 Å². The molecule has 0 unspecified atom stereocenters. The van der Waals surface area contributed by atoms with Gasteiger partial charge in [-0.05, 0) is 29.8 Å². The van der Waals surface area contributed by atoms with Gasteiger partial charge in [0.15, 0.2) is 0 Å². The average molecular weight is 330 g/mol. The average Bonchev–Trinajstić information content (AvgIpc) is 2.31. The third kappa shape index (κ3) is 4.02. The Morgan fingerprint density at radius 3 is 2.58 bits per heavy atom. The fourth-order valence-corrected chi connectivity index (χ4v) is 2.70. The minimum absolute atomic E-state index is 0.289. The molecule has 0 saturated carbocycles. The second kappa shape index (κ2) is 5.60. The molecule has 106 valence electrons. The summed E-state index contributed by atoms with van der Waals surface area (Å²) in [4.78, 5) is 12.7.